The second kappa shape index (κ2) is 16.4. The van der Waals surface area contributed by atoms with Gasteiger partial charge in [-0.25, -0.2) is 0 Å². The van der Waals surface area contributed by atoms with Gasteiger partial charge in [0.25, 0.3) is 0 Å². The highest BCUT2D eigenvalue weighted by Gasteiger charge is 2.18. The van der Waals surface area contributed by atoms with Gasteiger partial charge in [-0.05, 0) is 95.2 Å². The minimum absolute atomic E-state index is 1.02. The maximum Gasteiger partial charge on any atom is 0.0541 e. The normalized spacial score (nSPS) is 11.1. The summed E-state index contributed by atoms with van der Waals surface area (Å²) in [4.78, 5) is 2.38. The molecule has 2 nitrogen and oxygen atoms in total. The minimum Gasteiger partial charge on any atom is -0.310 e. The third-order valence-corrected chi connectivity index (χ3v) is 10.4. The molecule has 0 aliphatic carbocycles. The molecule has 0 radical (unpaired) electrons. The van der Waals surface area contributed by atoms with Crippen LogP contribution in [-0.2, 0) is 0 Å². The first kappa shape index (κ1) is 36.3. The van der Waals surface area contributed by atoms with Gasteiger partial charge in [-0.15, -0.1) is 0 Å². The number of nitrogens with zero attached hydrogens (tertiary/aromatic N) is 2. The van der Waals surface area contributed by atoms with E-state index in [0.29, 0.717) is 0 Å². The van der Waals surface area contributed by atoms with Gasteiger partial charge in [-0.2, -0.15) is 0 Å². The lowest BCUT2D eigenvalue weighted by Crippen LogP contribution is -2.11. The van der Waals surface area contributed by atoms with Crippen molar-refractivity contribution in [3.05, 3.63) is 229 Å². The van der Waals surface area contributed by atoms with Gasteiger partial charge in [-0.1, -0.05) is 180 Å². The van der Waals surface area contributed by atoms with Crippen LogP contribution in [0, 0.1) is 0 Å². The van der Waals surface area contributed by atoms with E-state index >= 15 is 0 Å². The fourth-order valence-corrected chi connectivity index (χ4v) is 7.87. The Bertz CT molecular complexity index is 2800. The fraction of sp³-hybridized carbons (Fsp3) is 0.0189. The number of aromatic nitrogens is 1. The van der Waals surface area contributed by atoms with Crippen LogP contribution in [-0.4, -0.2) is 4.57 Å². The molecule has 0 spiro atoms. The van der Waals surface area contributed by atoms with Crippen LogP contribution in [0.4, 0.5) is 17.1 Å². The molecule has 0 aliphatic heterocycles. The third-order valence-electron chi connectivity index (χ3n) is 9.92. The van der Waals surface area contributed by atoms with Gasteiger partial charge < -0.3 is 9.47 Å². The zero-order valence-electron chi connectivity index (χ0n) is 31.3. The zero-order valence-corrected chi connectivity index (χ0v) is 32.9. The van der Waals surface area contributed by atoms with Crippen molar-refractivity contribution < 1.29 is 0 Å². The lowest BCUT2D eigenvalue weighted by molar-refractivity contribution is 1.18. The number of allylic oxidation sites excluding steroid dienone is 4. The molecule has 56 heavy (non-hydrogen) atoms. The zero-order chi connectivity index (χ0) is 38.4. The summed E-state index contributed by atoms with van der Waals surface area (Å²) in [6, 6.07) is 67.6. The summed E-state index contributed by atoms with van der Waals surface area (Å²) in [7, 11) is 0. The van der Waals surface area contributed by atoms with Gasteiger partial charge >= 0.3 is 0 Å². The topological polar surface area (TPSA) is 8.17 Å². The van der Waals surface area contributed by atoms with Crippen LogP contribution in [0.1, 0.15) is 6.92 Å². The first-order valence-corrected chi connectivity index (χ1v) is 19.6. The van der Waals surface area contributed by atoms with E-state index in [4.69, 9.17) is 0 Å². The predicted molar refractivity (Wildman–Crippen MR) is 246 cm³/mol. The van der Waals surface area contributed by atoms with Crippen LogP contribution >= 0.6 is 15.9 Å². The molecule has 0 atom stereocenters. The van der Waals surface area contributed by atoms with E-state index in [0.717, 1.165) is 43.9 Å². The molecule has 8 aromatic carbocycles. The molecule has 270 valence electrons. The second-order valence-corrected chi connectivity index (χ2v) is 14.7. The standard InChI is InChI=1S/C46H31BrN2.C7H10/c47-37-28-36(33-24-26-38(27-25-33)49-45-21-8-6-19-42(45)43-20-7-9-22-46(43)49)30-40(31-37)48(44-23-11-15-34-14-4-5-18-41(34)44)39-17-10-16-35(29-39)32-12-2-1-3-13-32;1-4-5-6-7(2)3/h1-31H;4-6H,1-2H2,3H3/b;6-5-. The number of fused-ring (bicyclic) bond motifs is 4. The lowest BCUT2D eigenvalue weighted by Gasteiger charge is -2.28. The van der Waals surface area contributed by atoms with Crippen molar-refractivity contribution in [1.82, 2.24) is 4.57 Å². The van der Waals surface area contributed by atoms with E-state index in [2.05, 4.69) is 227 Å². The number of hydrogen-bond donors (Lipinski definition) is 0. The molecule has 0 amide bonds. The molecule has 0 saturated heterocycles. The van der Waals surface area contributed by atoms with Crippen LogP contribution in [0.25, 0.3) is 60.5 Å². The summed E-state index contributed by atoms with van der Waals surface area (Å²) in [6.45, 7) is 9.11. The van der Waals surface area contributed by atoms with Gasteiger partial charge in [0.15, 0.2) is 0 Å². The summed E-state index contributed by atoms with van der Waals surface area (Å²) < 4.78 is 3.39. The smallest absolute Gasteiger partial charge is 0.0541 e. The molecule has 0 fully saturated rings. The highest BCUT2D eigenvalue weighted by molar-refractivity contribution is 9.10. The minimum atomic E-state index is 1.02. The molecule has 1 heterocycles. The average molecular weight is 786 g/mol. The van der Waals surface area contributed by atoms with Crippen molar-refractivity contribution in [2.45, 2.75) is 6.92 Å². The Kier molecular flexibility index (Phi) is 10.6. The average Bonchev–Trinajstić information content (AvgIpc) is 3.58. The summed E-state index contributed by atoms with van der Waals surface area (Å²) in [5, 5.41) is 4.94. The Morgan fingerprint density at radius 2 is 1.11 bits per heavy atom. The molecular formula is C53H41BrN2. The fourth-order valence-electron chi connectivity index (χ4n) is 7.39. The van der Waals surface area contributed by atoms with Crippen LogP contribution in [0.5, 0.6) is 0 Å². The van der Waals surface area contributed by atoms with Crippen molar-refractivity contribution in [2.75, 3.05) is 4.90 Å². The molecule has 0 aliphatic rings. The van der Waals surface area contributed by atoms with Crippen LogP contribution < -0.4 is 4.90 Å². The summed E-state index contributed by atoms with van der Waals surface area (Å²) in [5.74, 6) is 0. The van der Waals surface area contributed by atoms with Gasteiger partial charge in [-0.3, -0.25) is 0 Å². The Balaban J connectivity index is 0.000000579. The summed E-state index contributed by atoms with van der Waals surface area (Å²) in [5.41, 5.74) is 12.6. The molecule has 3 heteroatoms. The number of rotatable bonds is 8. The third kappa shape index (κ3) is 7.50. The highest BCUT2D eigenvalue weighted by Crippen LogP contribution is 2.43. The van der Waals surface area contributed by atoms with Gasteiger partial charge in [0.05, 0.1) is 16.7 Å². The van der Waals surface area contributed by atoms with Crippen molar-refractivity contribution in [2.24, 2.45) is 0 Å². The molecular weight excluding hydrogens is 745 g/mol. The van der Waals surface area contributed by atoms with E-state index in [-0.39, 0.29) is 0 Å². The van der Waals surface area contributed by atoms with E-state index in [9.17, 15) is 0 Å². The first-order valence-electron chi connectivity index (χ1n) is 18.8. The van der Waals surface area contributed by atoms with E-state index in [1.165, 1.54) is 43.7 Å². The van der Waals surface area contributed by atoms with Crippen molar-refractivity contribution in [1.29, 1.82) is 0 Å². The monoisotopic (exact) mass is 784 g/mol. The number of hydrogen-bond acceptors (Lipinski definition) is 1. The second-order valence-electron chi connectivity index (χ2n) is 13.8. The molecule has 9 aromatic rings. The summed E-state index contributed by atoms with van der Waals surface area (Å²) in [6.07, 6.45) is 5.50. The van der Waals surface area contributed by atoms with E-state index in [1.807, 2.05) is 19.1 Å². The van der Waals surface area contributed by atoms with Gasteiger partial charge in [0, 0.05) is 37.7 Å². The lowest BCUT2D eigenvalue weighted by atomic mass is 10.0. The molecule has 0 unspecified atom stereocenters. The van der Waals surface area contributed by atoms with E-state index in [1.54, 1.807) is 6.08 Å². The summed E-state index contributed by atoms with van der Waals surface area (Å²) >= 11 is 3.89. The number of para-hydroxylation sites is 2. The quantitative estimate of drug-likeness (QED) is 0.139. The maximum atomic E-state index is 3.89. The first-order chi connectivity index (χ1) is 27.5. The molecule has 1 aromatic heterocycles. The van der Waals surface area contributed by atoms with Crippen molar-refractivity contribution in [3.8, 4) is 27.9 Å². The number of benzene rings is 8. The molecule has 0 bridgehead atoms. The van der Waals surface area contributed by atoms with Crippen molar-refractivity contribution >= 4 is 65.6 Å². The molecule has 9 rings (SSSR count). The Labute approximate surface area is 337 Å². The number of anilines is 3. The Morgan fingerprint density at radius 3 is 1.79 bits per heavy atom. The van der Waals surface area contributed by atoms with Gasteiger partial charge in [0.2, 0.25) is 0 Å². The van der Waals surface area contributed by atoms with Crippen LogP contribution in [0.2, 0.25) is 0 Å². The molecule has 0 N–H and O–H groups in total. The van der Waals surface area contributed by atoms with Gasteiger partial charge in [0.1, 0.15) is 0 Å². The highest BCUT2D eigenvalue weighted by atomic mass is 79.9. The van der Waals surface area contributed by atoms with E-state index < -0.39 is 0 Å². The SMILES string of the molecule is Brc1cc(-c2ccc(-n3c4ccccc4c4ccccc43)cc2)cc(N(c2cccc(-c3ccccc3)c2)c2cccc3ccccc23)c1.C=C/C=C\C(=C)C. The maximum absolute atomic E-state index is 3.89. The van der Waals surface area contributed by atoms with Crippen LogP contribution in [0.3, 0.4) is 0 Å². The van der Waals surface area contributed by atoms with Crippen LogP contribution in [0.15, 0.2) is 229 Å². The number of halogens is 1. The largest absolute Gasteiger partial charge is 0.310 e. The molecule has 0 saturated carbocycles. The Hall–Kier alpha value is -6.68. The predicted octanol–water partition coefficient (Wildman–Crippen LogP) is 15.8. The van der Waals surface area contributed by atoms with Crippen molar-refractivity contribution in [3.63, 3.8) is 0 Å². The Morgan fingerprint density at radius 1 is 0.536 bits per heavy atom.